The first-order valence-corrected chi connectivity index (χ1v) is 13.7. The van der Waals surface area contributed by atoms with E-state index in [-0.39, 0.29) is 17.8 Å². The Kier molecular flexibility index (Phi) is 5.74. The van der Waals surface area contributed by atoms with E-state index >= 15 is 0 Å². The van der Waals surface area contributed by atoms with Gasteiger partial charge in [0.15, 0.2) is 5.69 Å². The number of hydrogen-bond donors (Lipinski definition) is 1. The van der Waals surface area contributed by atoms with Gasteiger partial charge in [-0.15, -0.1) is 0 Å². The SMILES string of the molecule is CCOC(=O)[C@@H]1CCc2c(c(C(=O)NC3C4CC5CC(C4)CC3C5)nn2C2CCCCC2)C1. The summed E-state index contributed by atoms with van der Waals surface area (Å²) in [5.41, 5.74) is 2.82. The van der Waals surface area contributed by atoms with Crippen molar-refractivity contribution in [2.24, 2.45) is 29.6 Å². The average molecular weight is 454 g/mol. The number of carbonyl (C=O) groups excluding carboxylic acids is 2. The number of fused-ring (bicyclic) bond motifs is 1. The molecule has 7 rings (SSSR count). The molecular formula is C27H39N3O3. The molecular weight excluding hydrogens is 414 g/mol. The second-order valence-corrected chi connectivity index (χ2v) is 11.6. The Labute approximate surface area is 197 Å². The summed E-state index contributed by atoms with van der Waals surface area (Å²) in [5, 5.41) is 8.47. The summed E-state index contributed by atoms with van der Waals surface area (Å²) in [6.07, 6.45) is 14.8. The summed E-state index contributed by atoms with van der Waals surface area (Å²) in [7, 11) is 0. The Hall–Kier alpha value is -1.85. The predicted molar refractivity (Wildman–Crippen MR) is 125 cm³/mol. The highest BCUT2D eigenvalue weighted by Gasteiger charge is 2.49. The highest BCUT2D eigenvalue weighted by molar-refractivity contribution is 5.94. The lowest BCUT2D eigenvalue weighted by Gasteiger charge is -2.54. The molecule has 1 aromatic rings. The average Bonchev–Trinajstić information content (AvgIpc) is 3.20. The van der Waals surface area contributed by atoms with Gasteiger partial charge in [-0.25, -0.2) is 0 Å². The highest BCUT2D eigenvalue weighted by atomic mass is 16.5. The molecule has 1 amide bonds. The van der Waals surface area contributed by atoms with Gasteiger partial charge < -0.3 is 10.1 Å². The molecule has 180 valence electrons. The lowest BCUT2D eigenvalue weighted by atomic mass is 9.54. The van der Waals surface area contributed by atoms with E-state index in [0.29, 0.717) is 42.6 Å². The molecule has 5 fully saturated rings. The van der Waals surface area contributed by atoms with Crippen molar-refractivity contribution >= 4 is 11.9 Å². The zero-order chi connectivity index (χ0) is 22.5. The van der Waals surface area contributed by atoms with Gasteiger partial charge in [-0.05, 0) is 94.8 Å². The number of nitrogens with zero attached hydrogens (tertiary/aromatic N) is 2. The third-order valence-electron chi connectivity index (χ3n) is 9.58. The molecule has 6 aliphatic carbocycles. The Morgan fingerprint density at radius 3 is 2.36 bits per heavy atom. The highest BCUT2D eigenvalue weighted by Crippen LogP contribution is 2.53. The van der Waals surface area contributed by atoms with Crippen molar-refractivity contribution in [1.82, 2.24) is 15.1 Å². The van der Waals surface area contributed by atoms with E-state index in [0.717, 1.165) is 43.1 Å². The molecule has 5 saturated carbocycles. The Balaban J connectivity index is 1.27. The first kappa shape index (κ1) is 21.7. The monoisotopic (exact) mass is 453 g/mol. The fraction of sp³-hybridized carbons (Fsp3) is 0.815. The van der Waals surface area contributed by atoms with Crippen molar-refractivity contribution < 1.29 is 14.3 Å². The lowest BCUT2D eigenvalue weighted by molar-refractivity contribution is -0.148. The Morgan fingerprint density at radius 2 is 1.70 bits per heavy atom. The fourth-order valence-electron chi connectivity index (χ4n) is 8.29. The number of ether oxygens (including phenoxy) is 1. The summed E-state index contributed by atoms with van der Waals surface area (Å²) in [4.78, 5) is 26.2. The Morgan fingerprint density at radius 1 is 1.00 bits per heavy atom. The molecule has 0 spiro atoms. The van der Waals surface area contributed by atoms with Crippen molar-refractivity contribution in [2.45, 2.75) is 102 Å². The minimum atomic E-state index is -0.158. The zero-order valence-corrected chi connectivity index (χ0v) is 20.1. The molecule has 6 heteroatoms. The normalized spacial score (nSPS) is 35.3. The van der Waals surface area contributed by atoms with Crippen LogP contribution in [0.5, 0.6) is 0 Å². The van der Waals surface area contributed by atoms with Gasteiger partial charge in [-0.2, -0.15) is 5.10 Å². The van der Waals surface area contributed by atoms with E-state index < -0.39 is 0 Å². The predicted octanol–water partition coefficient (Wildman–Crippen LogP) is 4.61. The second kappa shape index (κ2) is 8.74. The van der Waals surface area contributed by atoms with Crippen LogP contribution in [0.2, 0.25) is 0 Å². The number of nitrogens with one attached hydrogen (secondary N) is 1. The summed E-state index contributed by atoms with van der Waals surface area (Å²) < 4.78 is 7.54. The van der Waals surface area contributed by atoms with Crippen LogP contribution in [0.1, 0.15) is 105 Å². The molecule has 1 atom stereocenters. The maximum atomic E-state index is 13.7. The molecule has 0 aromatic carbocycles. The van der Waals surface area contributed by atoms with Crippen LogP contribution in [0.3, 0.4) is 0 Å². The van der Waals surface area contributed by atoms with Crippen LogP contribution < -0.4 is 5.32 Å². The van der Waals surface area contributed by atoms with E-state index in [1.54, 1.807) is 0 Å². The van der Waals surface area contributed by atoms with Gasteiger partial charge in [0.25, 0.3) is 5.91 Å². The number of esters is 1. The van der Waals surface area contributed by atoms with E-state index in [2.05, 4.69) is 10.00 Å². The minimum Gasteiger partial charge on any atom is -0.466 e. The second-order valence-electron chi connectivity index (χ2n) is 11.6. The van der Waals surface area contributed by atoms with Crippen molar-refractivity contribution in [3.63, 3.8) is 0 Å². The molecule has 1 heterocycles. The van der Waals surface area contributed by atoms with E-state index in [4.69, 9.17) is 9.84 Å². The molecule has 33 heavy (non-hydrogen) atoms. The third-order valence-corrected chi connectivity index (χ3v) is 9.58. The standard InChI is InChI=1S/C27H39N3O3/c1-2-33-27(32)18-8-9-23-22(15-18)25(29-30(23)21-6-4-3-5-7-21)26(31)28-24-19-11-16-10-17(13-19)14-20(24)12-16/h16-21,24H,2-15H2,1H3,(H,28,31)/t16?,17?,18-,19?,20?,24?/m1/s1. The molecule has 4 bridgehead atoms. The fourth-order valence-corrected chi connectivity index (χ4v) is 8.29. The summed E-state index contributed by atoms with van der Waals surface area (Å²) in [5.74, 6) is 2.80. The molecule has 0 saturated heterocycles. The van der Waals surface area contributed by atoms with Crippen molar-refractivity contribution in [2.75, 3.05) is 6.61 Å². The number of hydrogen-bond acceptors (Lipinski definition) is 4. The van der Waals surface area contributed by atoms with Crippen LogP contribution in [0.4, 0.5) is 0 Å². The smallest absolute Gasteiger partial charge is 0.309 e. The molecule has 0 aliphatic heterocycles. The van der Waals surface area contributed by atoms with Crippen LogP contribution in [-0.2, 0) is 22.4 Å². The summed E-state index contributed by atoms with van der Waals surface area (Å²) in [6.45, 7) is 2.26. The lowest BCUT2D eigenvalue weighted by Crippen LogP contribution is -2.56. The number of aromatic nitrogens is 2. The van der Waals surface area contributed by atoms with Gasteiger partial charge in [-0.1, -0.05) is 19.3 Å². The molecule has 6 aliphatic rings. The van der Waals surface area contributed by atoms with Gasteiger partial charge in [-0.3, -0.25) is 14.3 Å². The molecule has 6 nitrogen and oxygen atoms in total. The van der Waals surface area contributed by atoms with E-state index in [9.17, 15) is 9.59 Å². The zero-order valence-electron chi connectivity index (χ0n) is 20.1. The van der Waals surface area contributed by atoms with E-state index in [1.165, 1.54) is 57.1 Å². The maximum Gasteiger partial charge on any atom is 0.309 e. The van der Waals surface area contributed by atoms with Crippen LogP contribution in [0, 0.1) is 29.6 Å². The molecule has 0 radical (unpaired) electrons. The quantitative estimate of drug-likeness (QED) is 0.661. The van der Waals surface area contributed by atoms with Gasteiger partial charge in [0.2, 0.25) is 0 Å². The van der Waals surface area contributed by atoms with Gasteiger partial charge in [0.1, 0.15) is 0 Å². The van der Waals surface area contributed by atoms with Crippen LogP contribution in [-0.4, -0.2) is 34.3 Å². The van der Waals surface area contributed by atoms with Gasteiger partial charge >= 0.3 is 5.97 Å². The van der Waals surface area contributed by atoms with Crippen molar-refractivity contribution in [3.05, 3.63) is 17.0 Å². The number of amides is 1. The number of rotatable bonds is 5. The largest absolute Gasteiger partial charge is 0.466 e. The maximum absolute atomic E-state index is 13.7. The summed E-state index contributed by atoms with van der Waals surface area (Å²) >= 11 is 0. The van der Waals surface area contributed by atoms with Gasteiger partial charge in [0, 0.05) is 17.3 Å². The first-order valence-electron chi connectivity index (χ1n) is 13.7. The minimum absolute atomic E-state index is 0.00258. The van der Waals surface area contributed by atoms with Crippen LogP contribution >= 0.6 is 0 Å². The van der Waals surface area contributed by atoms with Crippen LogP contribution in [0.25, 0.3) is 0 Å². The molecule has 1 N–H and O–H groups in total. The van der Waals surface area contributed by atoms with Gasteiger partial charge in [0.05, 0.1) is 18.6 Å². The topological polar surface area (TPSA) is 73.2 Å². The molecule has 1 aromatic heterocycles. The summed E-state index contributed by atoms with van der Waals surface area (Å²) in [6, 6.07) is 0.708. The van der Waals surface area contributed by atoms with E-state index in [1.807, 2.05) is 6.92 Å². The van der Waals surface area contributed by atoms with Crippen molar-refractivity contribution in [1.29, 1.82) is 0 Å². The van der Waals surface area contributed by atoms with Crippen molar-refractivity contribution in [3.8, 4) is 0 Å². The third kappa shape index (κ3) is 3.91. The number of carbonyl (C=O) groups is 2. The molecule has 0 unspecified atom stereocenters. The Bertz CT molecular complexity index is 888. The van der Waals surface area contributed by atoms with Crippen LogP contribution in [0.15, 0.2) is 0 Å². The first-order chi connectivity index (χ1) is 16.1.